The molecular formula is C22H19N3O5. The maximum atomic E-state index is 12.5. The smallest absolute Gasteiger partial charge is 0.338 e. The summed E-state index contributed by atoms with van der Waals surface area (Å²) in [7, 11) is 0. The van der Waals surface area contributed by atoms with Gasteiger partial charge in [-0.3, -0.25) is 19.3 Å². The normalized spacial score (nSPS) is 19.3. The van der Waals surface area contributed by atoms with Crippen molar-refractivity contribution < 1.29 is 23.9 Å². The zero-order valence-electron chi connectivity index (χ0n) is 16.1. The van der Waals surface area contributed by atoms with E-state index in [4.69, 9.17) is 4.74 Å². The molecule has 3 amide bonds. The first-order valence-electron chi connectivity index (χ1n) is 9.88. The number of carbonyl (C=O) groups is 4. The predicted octanol–water partition coefficient (Wildman–Crippen LogP) is 2.06. The van der Waals surface area contributed by atoms with Gasteiger partial charge in [0.05, 0.1) is 34.6 Å². The monoisotopic (exact) mass is 405 g/mol. The van der Waals surface area contributed by atoms with Crippen LogP contribution in [0.15, 0.2) is 42.5 Å². The van der Waals surface area contributed by atoms with Crippen LogP contribution in [0.1, 0.15) is 43.9 Å². The maximum absolute atomic E-state index is 12.5. The van der Waals surface area contributed by atoms with E-state index in [9.17, 15) is 19.2 Å². The van der Waals surface area contributed by atoms with E-state index in [1.807, 2.05) is 6.07 Å². The molecule has 1 fully saturated rings. The fraction of sp³-hybridized carbons (Fsp3) is 0.273. The van der Waals surface area contributed by atoms with Crippen molar-refractivity contribution in [3.63, 3.8) is 0 Å². The Labute approximate surface area is 172 Å². The van der Waals surface area contributed by atoms with E-state index in [2.05, 4.69) is 10.2 Å². The van der Waals surface area contributed by atoms with Crippen LogP contribution in [-0.4, -0.2) is 54.3 Å². The van der Waals surface area contributed by atoms with Crippen LogP contribution < -0.4 is 10.2 Å². The summed E-state index contributed by atoms with van der Waals surface area (Å²) in [5.74, 6) is -1.41. The Bertz CT molecular complexity index is 1060. The third-order valence-corrected chi connectivity index (χ3v) is 5.78. The second kappa shape index (κ2) is 6.98. The van der Waals surface area contributed by atoms with Gasteiger partial charge in [0.1, 0.15) is 12.6 Å². The summed E-state index contributed by atoms with van der Waals surface area (Å²) in [4.78, 5) is 52.6. The van der Waals surface area contributed by atoms with Gasteiger partial charge in [0.15, 0.2) is 0 Å². The van der Waals surface area contributed by atoms with Crippen molar-refractivity contribution in [1.82, 2.24) is 4.90 Å². The van der Waals surface area contributed by atoms with Crippen LogP contribution in [0, 0.1) is 0 Å². The van der Waals surface area contributed by atoms with Gasteiger partial charge in [-0.2, -0.15) is 0 Å². The fourth-order valence-corrected chi connectivity index (χ4v) is 4.31. The molecule has 0 bridgehead atoms. The van der Waals surface area contributed by atoms with Crippen molar-refractivity contribution in [2.45, 2.75) is 18.9 Å². The van der Waals surface area contributed by atoms with Crippen molar-refractivity contribution in [3.8, 4) is 0 Å². The summed E-state index contributed by atoms with van der Waals surface area (Å²) in [6.45, 7) is 0.687. The average Bonchev–Trinajstić information content (AvgIpc) is 3.34. The lowest BCUT2D eigenvalue weighted by Crippen LogP contribution is -2.43. The Kier molecular flexibility index (Phi) is 4.27. The topological polar surface area (TPSA) is 96.0 Å². The first-order chi connectivity index (χ1) is 14.5. The number of anilines is 2. The zero-order chi connectivity index (χ0) is 20.8. The molecule has 0 spiro atoms. The highest BCUT2D eigenvalue weighted by molar-refractivity contribution is 6.21. The Hall–Kier alpha value is -3.68. The molecule has 0 unspecified atom stereocenters. The Morgan fingerprint density at radius 2 is 1.80 bits per heavy atom. The molecule has 3 aliphatic heterocycles. The minimum Gasteiger partial charge on any atom is -0.460 e. The van der Waals surface area contributed by atoms with Crippen LogP contribution in [0.4, 0.5) is 11.4 Å². The summed E-state index contributed by atoms with van der Waals surface area (Å²) in [5, 5.41) is 2.86. The molecule has 2 aromatic carbocycles. The van der Waals surface area contributed by atoms with E-state index >= 15 is 0 Å². The highest BCUT2D eigenvalue weighted by Gasteiger charge is 2.37. The van der Waals surface area contributed by atoms with Gasteiger partial charge in [-0.1, -0.05) is 12.1 Å². The van der Waals surface area contributed by atoms with Crippen molar-refractivity contribution in [2.24, 2.45) is 0 Å². The SMILES string of the molecule is O=C(OCCN1C(=O)c2ccccc2C1=O)c1ccc2c(c1)NC(=O)[C@@H]1CCCN21. The molecule has 5 rings (SSSR count). The maximum Gasteiger partial charge on any atom is 0.338 e. The molecule has 0 radical (unpaired) electrons. The minimum atomic E-state index is -0.577. The van der Waals surface area contributed by atoms with Gasteiger partial charge in [0, 0.05) is 6.54 Å². The number of benzene rings is 2. The van der Waals surface area contributed by atoms with Crippen molar-refractivity contribution >= 4 is 35.1 Å². The molecule has 2 aromatic rings. The third kappa shape index (κ3) is 2.83. The molecule has 30 heavy (non-hydrogen) atoms. The highest BCUT2D eigenvalue weighted by Crippen LogP contribution is 2.37. The third-order valence-electron chi connectivity index (χ3n) is 5.78. The first-order valence-corrected chi connectivity index (χ1v) is 9.88. The number of nitrogens with zero attached hydrogens (tertiary/aromatic N) is 2. The van der Waals surface area contributed by atoms with Crippen LogP contribution in [-0.2, 0) is 9.53 Å². The number of fused-ring (bicyclic) bond motifs is 4. The van der Waals surface area contributed by atoms with Crippen LogP contribution in [0.2, 0.25) is 0 Å². The van der Waals surface area contributed by atoms with Gasteiger partial charge in [-0.15, -0.1) is 0 Å². The molecule has 152 valence electrons. The van der Waals surface area contributed by atoms with Crippen molar-refractivity contribution in [3.05, 3.63) is 59.2 Å². The summed E-state index contributed by atoms with van der Waals surface area (Å²) in [6, 6.07) is 11.5. The number of carbonyl (C=O) groups excluding carboxylic acids is 4. The van der Waals surface area contributed by atoms with Crippen molar-refractivity contribution in [1.29, 1.82) is 0 Å². The molecule has 1 N–H and O–H groups in total. The van der Waals surface area contributed by atoms with Crippen molar-refractivity contribution in [2.75, 3.05) is 29.9 Å². The first kappa shape index (κ1) is 18.4. The molecule has 1 saturated heterocycles. The van der Waals surface area contributed by atoms with Gasteiger partial charge in [-0.05, 0) is 43.2 Å². The molecule has 8 nitrogen and oxygen atoms in total. The lowest BCUT2D eigenvalue weighted by atomic mass is 10.1. The molecular weight excluding hydrogens is 386 g/mol. The summed E-state index contributed by atoms with van der Waals surface area (Å²) < 4.78 is 5.28. The Morgan fingerprint density at radius 3 is 2.53 bits per heavy atom. The van der Waals surface area contributed by atoms with Crippen LogP contribution in [0.3, 0.4) is 0 Å². The van der Waals surface area contributed by atoms with E-state index in [0.29, 0.717) is 22.4 Å². The molecule has 0 aromatic heterocycles. The number of hydrogen-bond donors (Lipinski definition) is 1. The zero-order valence-corrected chi connectivity index (χ0v) is 16.1. The quantitative estimate of drug-likeness (QED) is 0.618. The van der Waals surface area contributed by atoms with Gasteiger partial charge in [-0.25, -0.2) is 4.79 Å². The van der Waals surface area contributed by atoms with E-state index in [0.717, 1.165) is 30.0 Å². The van der Waals surface area contributed by atoms with E-state index in [1.165, 1.54) is 0 Å². The lowest BCUT2D eigenvalue weighted by Gasteiger charge is -2.33. The lowest BCUT2D eigenvalue weighted by molar-refractivity contribution is -0.117. The van der Waals surface area contributed by atoms with E-state index in [1.54, 1.807) is 36.4 Å². The number of imide groups is 1. The van der Waals surface area contributed by atoms with Gasteiger partial charge >= 0.3 is 5.97 Å². The number of esters is 1. The van der Waals surface area contributed by atoms with Gasteiger partial charge in [0.25, 0.3) is 11.8 Å². The number of amides is 3. The molecule has 1 atom stereocenters. The Balaban J connectivity index is 1.24. The summed E-state index contributed by atoms with van der Waals surface area (Å²) in [5.41, 5.74) is 2.51. The van der Waals surface area contributed by atoms with Crippen LogP contribution in [0.25, 0.3) is 0 Å². The highest BCUT2D eigenvalue weighted by atomic mass is 16.5. The number of nitrogens with one attached hydrogen (secondary N) is 1. The molecule has 0 saturated carbocycles. The molecule has 8 heteroatoms. The second-order valence-corrected chi connectivity index (χ2v) is 7.52. The summed E-state index contributed by atoms with van der Waals surface area (Å²) in [6.07, 6.45) is 1.78. The van der Waals surface area contributed by atoms with Crippen LogP contribution in [0.5, 0.6) is 0 Å². The number of ether oxygens (including phenoxy) is 1. The second-order valence-electron chi connectivity index (χ2n) is 7.52. The van der Waals surface area contributed by atoms with Crippen LogP contribution >= 0.6 is 0 Å². The predicted molar refractivity (Wildman–Crippen MR) is 108 cm³/mol. The molecule has 3 aliphatic rings. The van der Waals surface area contributed by atoms with Gasteiger partial charge in [0.2, 0.25) is 5.91 Å². The summed E-state index contributed by atoms with van der Waals surface area (Å²) >= 11 is 0. The average molecular weight is 405 g/mol. The fourth-order valence-electron chi connectivity index (χ4n) is 4.31. The largest absolute Gasteiger partial charge is 0.460 e. The van der Waals surface area contributed by atoms with E-state index in [-0.39, 0.29) is 36.9 Å². The van der Waals surface area contributed by atoms with Gasteiger partial charge < -0.3 is 15.0 Å². The minimum absolute atomic E-state index is 0.0186. The molecule has 0 aliphatic carbocycles. The molecule has 3 heterocycles. The number of rotatable bonds is 4. The Morgan fingerprint density at radius 1 is 1.07 bits per heavy atom. The standard InChI is InChI=1S/C22H19N3O5/c26-19-18-6-3-9-24(18)17-8-7-13(12-16(17)23-19)22(29)30-11-10-25-20(27)14-4-1-2-5-15(14)21(25)28/h1-2,4-5,7-8,12,18H,3,6,9-11H2,(H,23,26)/t18-/m0/s1. The number of hydrogen-bond acceptors (Lipinski definition) is 6. The van der Waals surface area contributed by atoms with E-state index < -0.39 is 5.97 Å².